The summed E-state index contributed by atoms with van der Waals surface area (Å²) < 4.78 is 25.3. The third kappa shape index (κ3) is 4.17. The van der Waals surface area contributed by atoms with Gasteiger partial charge in [-0.1, -0.05) is 16.6 Å². The number of rotatable bonds is 6. The first-order valence-electron chi connectivity index (χ1n) is 8.99. The number of aromatic nitrogens is 5. The van der Waals surface area contributed by atoms with Crippen LogP contribution in [0.15, 0.2) is 52.5 Å². The Morgan fingerprint density at radius 3 is 2.75 bits per heavy atom. The van der Waals surface area contributed by atoms with Crippen LogP contribution in [-0.4, -0.2) is 51.6 Å². The smallest absolute Gasteiger partial charge is 0.288 e. The van der Waals surface area contributed by atoms with Crippen LogP contribution in [0.4, 0.5) is 10.8 Å². The van der Waals surface area contributed by atoms with Crippen molar-refractivity contribution >= 4 is 42.1 Å². The molecule has 14 heteroatoms. The topological polar surface area (TPSA) is 154 Å². The Hall–Kier alpha value is -3.78. The Morgan fingerprint density at radius 2 is 2.09 bits per heavy atom. The normalized spacial score (nSPS) is 11.6. The molecule has 0 aliphatic rings. The van der Waals surface area contributed by atoms with Crippen molar-refractivity contribution < 1.29 is 13.3 Å². The van der Waals surface area contributed by atoms with Crippen LogP contribution in [0.2, 0.25) is 0 Å². The summed E-state index contributed by atoms with van der Waals surface area (Å²) in [5.74, 6) is 0. The molecular weight excluding hydrogens is 458 g/mol. The second-order valence-electron chi connectivity index (χ2n) is 6.87. The van der Waals surface area contributed by atoms with Crippen molar-refractivity contribution in [1.29, 1.82) is 0 Å². The van der Waals surface area contributed by atoms with Crippen LogP contribution >= 0.6 is 11.3 Å². The van der Waals surface area contributed by atoms with Gasteiger partial charge in [-0.2, -0.15) is 4.98 Å². The standard InChI is InChI=1S/C18H15N7O5S2/c1-23(9-11-10-24(22-21-11)12-4-3-5-19-8-12)18-20-17(26)14-6-13(32(2,29)30)7-15(25(27)28)16(14)31-18/h3-8,10H,9H2,1-2H3. The van der Waals surface area contributed by atoms with Crippen LogP contribution in [0.3, 0.4) is 0 Å². The van der Waals surface area contributed by atoms with Gasteiger partial charge >= 0.3 is 0 Å². The molecule has 0 unspecified atom stereocenters. The van der Waals surface area contributed by atoms with E-state index in [2.05, 4.69) is 20.3 Å². The molecule has 164 valence electrons. The zero-order chi connectivity index (χ0) is 23.0. The quantitative estimate of drug-likeness (QED) is 0.298. The van der Waals surface area contributed by atoms with Gasteiger partial charge in [-0.25, -0.2) is 13.1 Å². The van der Waals surface area contributed by atoms with Crippen LogP contribution in [0, 0.1) is 10.1 Å². The molecule has 0 aliphatic heterocycles. The van der Waals surface area contributed by atoms with Crippen molar-refractivity contribution in [2.75, 3.05) is 18.2 Å². The number of hydrogen-bond acceptors (Lipinski definition) is 11. The molecule has 0 radical (unpaired) electrons. The minimum atomic E-state index is -3.75. The van der Waals surface area contributed by atoms with E-state index in [0.29, 0.717) is 5.69 Å². The number of nitro benzene ring substituents is 1. The van der Waals surface area contributed by atoms with Crippen molar-refractivity contribution in [2.45, 2.75) is 11.4 Å². The van der Waals surface area contributed by atoms with Crippen molar-refractivity contribution in [3.05, 3.63) is 69.0 Å². The summed E-state index contributed by atoms with van der Waals surface area (Å²) in [5, 5.41) is 19.8. The summed E-state index contributed by atoms with van der Waals surface area (Å²) in [4.78, 5) is 32.8. The molecule has 0 N–H and O–H groups in total. The number of fused-ring (bicyclic) bond motifs is 1. The van der Waals surface area contributed by atoms with Gasteiger partial charge in [-0.15, -0.1) is 5.10 Å². The summed E-state index contributed by atoms with van der Waals surface area (Å²) in [6.07, 6.45) is 5.88. The highest BCUT2D eigenvalue weighted by Gasteiger charge is 2.23. The summed E-state index contributed by atoms with van der Waals surface area (Å²) in [5.41, 5.74) is 0.0670. The van der Waals surface area contributed by atoms with Crippen LogP contribution in [-0.2, 0) is 16.4 Å². The fourth-order valence-electron chi connectivity index (χ4n) is 2.92. The highest BCUT2D eigenvalue weighted by atomic mass is 32.2. The first kappa shape index (κ1) is 21.5. The second-order valence-corrected chi connectivity index (χ2v) is 9.86. The molecule has 0 atom stereocenters. The molecule has 1 aromatic carbocycles. The van der Waals surface area contributed by atoms with Gasteiger partial charge in [-0.3, -0.25) is 19.9 Å². The van der Waals surface area contributed by atoms with Gasteiger partial charge < -0.3 is 4.90 Å². The molecular formula is C18H15N7O5S2. The molecule has 32 heavy (non-hydrogen) atoms. The molecule has 4 aromatic rings. The molecule has 0 amide bonds. The molecule has 3 aromatic heterocycles. The van der Waals surface area contributed by atoms with Crippen molar-refractivity contribution in [1.82, 2.24) is 25.0 Å². The van der Waals surface area contributed by atoms with E-state index < -0.39 is 26.0 Å². The Bertz CT molecular complexity index is 1500. The number of pyridine rings is 1. The van der Waals surface area contributed by atoms with Crippen LogP contribution in [0.5, 0.6) is 0 Å². The van der Waals surface area contributed by atoms with E-state index in [0.717, 1.165) is 35.4 Å². The zero-order valence-corrected chi connectivity index (χ0v) is 18.4. The Balaban J connectivity index is 1.72. The number of benzene rings is 1. The van der Waals surface area contributed by atoms with E-state index in [-0.39, 0.29) is 26.7 Å². The average molecular weight is 473 g/mol. The molecule has 4 rings (SSSR count). The molecule has 0 saturated heterocycles. The lowest BCUT2D eigenvalue weighted by molar-refractivity contribution is -0.383. The van der Waals surface area contributed by atoms with Crippen LogP contribution in [0.1, 0.15) is 5.69 Å². The van der Waals surface area contributed by atoms with Gasteiger partial charge in [0.15, 0.2) is 15.0 Å². The first-order valence-corrected chi connectivity index (χ1v) is 11.7. The Kier molecular flexibility index (Phi) is 5.40. The highest BCUT2D eigenvalue weighted by Crippen LogP contribution is 2.34. The number of sulfone groups is 1. The third-order valence-electron chi connectivity index (χ3n) is 4.47. The Labute approximate surface area is 184 Å². The third-order valence-corrected chi connectivity index (χ3v) is 6.78. The largest absolute Gasteiger partial charge is 0.345 e. The van der Waals surface area contributed by atoms with Crippen LogP contribution < -0.4 is 10.5 Å². The Morgan fingerprint density at radius 1 is 1.31 bits per heavy atom. The second kappa shape index (κ2) is 8.05. The van der Waals surface area contributed by atoms with Gasteiger partial charge in [0.2, 0.25) is 0 Å². The fraction of sp³-hybridized carbons (Fsp3) is 0.167. The summed E-state index contributed by atoms with van der Waals surface area (Å²) in [7, 11) is -2.10. The van der Waals surface area contributed by atoms with Gasteiger partial charge in [-0.05, 0) is 18.2 Å². The number of non-ortho nitro benzene ring substituents is 1. The number of nitro groups is 1. The maximum atomic E-state index is 12.6. The summed E-state index contributed by atoms with van der Waals surface area (Å²) >= 11 is 0.919. The van der Waals surface area contributed by atoms with E-state index in [1.165, 1.54) is 0 Å². The molecule has 0 fully saturated rings. The summed E-state index contributed by atoms with van der Waals surface area (Å²) in [6, 6.07) is 5.65. The van der Waals surface area contributed by atoms with Crippen molar-refractivity contribution in [3.8, 4) is 5.69 Å². The molecule has 12 nitrogen and oxygen atoms in total. The lowest BCUT2D eigenvalue weighted by Gasteiger charge is -2.15. The lowest BCUT2D eigenvalue weighted by Crippen LogP contribution is -2.20. The minimum absolute atomic E-state index is 0.0447. The SMILES string of the molecule is CN(Cc1cn(-c2cccnc2)nn1)c1nc(=O)c2cc(S(C)(=O)=O)cc([N+](=O)[O-])c2s1. The predicted octanol–water partition coefficient (Wildman–Crippen LogP) is 1.58. The molecule has 0 saturated carbocycles. The monoisotopic (exact) mass is 473 g/mol. The van der Waals surface area contributed by atoms with Crippen molar-refractivity contribution in [3.63, 3.8) is 0 Å². The number of hydrogen-bond donors (Lipinski definition) is 0. The van der Waals surface area contributed by atoms with Gasteiger partial charge in [0.1, 0.15) is 10.4 Å². The van der Waals surface area contributed by atoms with E-state index in [1.807, 2.05) is 6.07 Å². The minimum Gasteiger partial charge on any atom is -0.345 e. The molecule has 0 bridgehead atoms. The fourth-order valence-corrected chi connectivity index (χ4v) is 4.61. The molecule has 0 aliphatic carbocycles. The van der Waals surface area contributed by atoms with Crippen molar-refractivity contribution in [2.24, 2.45) is 0 Å². The van der Waals surface area contributed by atoms with Gasteiger partial charge in [0.25, 0.3) is 11.2 Å². The number of anilines is 1. The van der Waals surface area contributed by atoms with Crippen LogP contribution in [0.25, 0.3) is 15.8 Å². The molecule has 3 heterocycles. The van der Waals surface area contributed by atoms with E-state index >= 15 is 0 Å². The molecule has 0 spiro atoms. The van der Waals surface area contributed by atoms with E-state index in [4.69, 9.17) is 0 Å². The van der Waals surface area contributed by atoms with Gasteiger partial charge in [0, 0.05) is 25.6 Å². The van der Waals surface area contributed by atoms with E-state index in [9.17, 15) is 23.3 Å². The van der Waals surface area contributed by atoms with Gasteiger partial charge in [0.05, 0.1) is 39.8 Å². The predicted molar refractivity (Wildman–Crippen MR) is 117 cm³/mol. The number of nitrogens with zero attached hydrogens (tertiary/aromatic N) is 7. The highest BCUT2D eigenvalue weighted by molar-refractivity contribution is 7.90. The maximum absolute atomic E-state index is 12.6. The maximum Gasteiger partial charge on any atom is 0.288 e. The van der Waals surface area contributed by atoms with E-state index in [1.54, 1.807) is 41.3 Å². The average Bonchev–Trinajstić information content (AvgIpc) is 3.21. The summed E-state index contributed by atoms with van der Waals surface area (Å²) in [6.45, 7) is 0.226. The zero-order valence-electron chi connectivity index (χ0n) is 16.7. The first-order chi connectivity index (χ1) is 15.1. The lowest BCUT2D eigenvalue weighted by atomic mass is 10.2.